The van der Waals surface area contributed by atoms with Crippen molar-refractivity contribution in [1.82, 2.24) is 0 Å². The molecule has 17 heavy (non-hydrogen) atoms. The second-order valence-electron chi connectivity index (χ2n) is 4.73. The number of nitrogens with two attached hydrogens (primary N) is 1. The maximum Gasteiger partial charge on any atom is 0.156 e. The molecule has 0 heterocycles. The predicted octanol–water partition coefficient (Wildman–Crippen LogP) is 2.24. The number of sulfone groups is 1. The van der Waals surface area contributed by atoms with Gasteiger partial charge >= 0.3 is 0 Å². The van der Waals surface area contributed by atoms with Gasteiger partial charge in [-0.1, -0.05) is 12.1 Å². The first-order valence-electron chi connectivity index (χ1n) is 5.03. The van der Waals surface area contributed by atoms with Crippen LogP contribution in [0.15, 0.2) is 22.7 Å². The molecule has 6 heteroatoms. The minimum absolute atomic E-state index is 0.136. The molecule has 0 unspecified atom stereocenters. The molecule has 1 aromatic rings. The van der Waals surface area contributed by atoms with Crippen molar-refractivity contribution in [3.05, 3.63) is 34.1 Å². The predicted molar refractivity (Wildman–Crippen MR) is 69.9 cm³/mol. The lowest BCUT2D eigenvalue weighted by Crippen LogP contribution is -2.40. The van der Waals surface area contributed by atoms with E-state index in [1.807, 2.05) is 0 Å². The Morgan fingerprint density at radius 3 is 2.53 bits per heavy atom. The van der Waals surface area contributed by atoms with Gasteiger partial charge in [-0.2, -0.15) is 0 Å². The largest absolute Gasteiger partial charge is 0.325 e. The lowest BCUT2D eigenvalue weighted by Gasteiger charge is -2.18. The average molecular weight is 324 g/mol. The fourth-order valence-electron chi connectivity index (χ4n) is 1.51. The summed E-state index contributed by atoms with van der Waals surface area (Å²) in [5, 5.41) is 0. The lowest BCUT2D eigenvalue weighted by atomic mass is 10.1. The van der Waals surface area contributed by atoms with Crippen LogP contribution in [-0.2, 0) is 15.6 Å². The highest BCUT2D eigenvalue weighted by Crippen LogP contribution is 2.23. The van der Waals surface area contributed by atoms with Crippen LogP contribution in [0.1, 0.15) is 19.4 Å². The van der Waals surface area contributed by atoms with Crippen molar-refractivity contribution in [2.45, 2.75) is 25.1 Å². The number of hydrogen-bond acceptors (Lipinski definition) is 3. The van der Waals surface area contributed by atoms with Crippen LogP contribution in [0.2, 0.25) is 0 Å². The van der Waals surface area contributed by atoms with E-state index < -0.39 is 21.2 Å². The molecule has 0 aliphatic rings. The zero-order valence-corrected chi connectivity index (χ0v) is 12.1. The van der Waals surface area contributed by atoms with E-state index in [4.69, 9.17) is 5.73 Å². The summed E-state index contributed by atoms with van der Waals surface area (Å²) in [6.45, 7) is 3.29. The summed E-state index contributed by atoms with van der Waals surface area (Å²) in [7, 11) is -3.35. The van der Waals surface area contributed by atoms with Crippen LogP contribution in [0, 0.1) is 5.82 Å². The maximum atomic E-state index is 13.2. The van der Waals surface area contributed by atoms with Gasteiger partial charge in [0.1, 0.15) is 5.82 Å². The molecule has 0 aliphatic heterocycles. The van der Waals surface area contributed by atoms with E-state index in [1.54, 1.807) is 19.9 Å². The molecule has 0 radical (unpaired) electrons. The van der Waals surface area contributed by atoms with E-state index in [-0.39, 0.29) is 16.0 Å². The molecule has 2 N–H and O–H groups in total. The summed E-state index contributed by atoms with van der Waals surface area (Å²) in [5.74, 6) is -0.820. The fourth-order valence-corrected chi connectivity index (χ4v) is 4.05. The Kier molecular flexibility index (Phi) is 4.33. The smallest absolute Gasteiger partial charge is 0.156 e. The van der Waals surface area contributed by atoms with Crippen molar-refractivity contribution >= 4 is 25.8 Å². The third-order valence-corrected chi connectivity index (χ3v) is 4.82. The van der Waals surface area contributed by atoms with E-state index in [9.17, 15) is 12.8 Å². The van der Waals surface area contributed by atoms with Crippen LogP contribution in [0.4, 0.5) is 4.39 Å². The summed E-state index contributed by atoms with van der Waals surface area (Å²) in [4.78, 5) is 0. The minimum atomic E-state index is -3.35. The zero-order valence-electron chi connectivity index (χ0n) is 9.70. The van der Waals surface area contributed by atoms with Crippen molar-refractivity contribution in [3.63, 3.8) is 0 Å². The molecule has 96 valence electrons. The molecule has 0 bridgehead atoms. The van der Waals surface area contributed by atoms with Crippen molar-refractivity contribution < 1.29 is 12.8 Å². The molecular weight excluding hydrogens is 309 g/mol. The van der Waals surface area contributed by atoms with Crippen LogP contribution >= 0.6 is 15.9 Å². The Morgan fingerprint density at radius 2 is 2.00 bits per heavy atom. The Balaban J connectivity index is 2.95. The van der Waals surface area contributed by atoms with Gasteiger partial charge in [-0.3, -0.25) is 0 Å². The standard InChI is InChI=1S/C11H15BrFNO2S/c1-11(2,14)7-17(15,16)6-8-4-3-5-9(13)10(8)12/h3-5H,6-7,14H2,1-2H3. The van der Waals surface area contributed by atoms with Gasteiger partial charge in [0.05, 0.1) is 16.0 Å². The van der Waals surface area contributed by atoms with E-state index in [2.05, 4.69) is 15.9 Å². The Hall–Kier alpha value is -0.460. The van der Waals surface area contributed by atoms with E-state index in [1.165, 1.54) is 12.1 Å². The first kappa shape index (κ1) is 14.6. The summed E-state index contributed by atoms with van der Waals surface area (Å²) >= 11 is 3.04. The third-order valence-electron chi connectivity index (χ3n) is 2.00. The molecule has 0 aliphatic carbocycles. The molecule has 0 saturated heterocycles. The van der Waals surface area contributed by atoms with E-state index in [0.717, 1.165) is 0 Å². The van der Waals surface area contributed by atoms with Crippen molar-refractivity contribution in [2.75, 3.05) is 5.75 Å². The van der Waals surface area contributed by atoms with Crippen LogP contribution in [0.5, 0.6) is 0 Å². The molecule has 0 amide bonds. The van der Waals surface area contributed by atoms with Gasteiger partial charge in [-0.15, -0.1) is 0 Å². The highest BCUT2D eigenvalue weighted by atomic mass is 79.9. The van der Waals surface area contributed by atoms with Gasteiger partial charge in [0.15, 0.2) is 9.84 Å². The average Bonchev–Trinajstić information content (AvgIpc) is 2.08. The third kappa shape index (κ3) is 4.73. The highest BCUT2D eigenvalue weighted by Gasteiger charge is 2.23. The molecule has 0 atom stereocenters. The lowest BCUT2D eigenvalue weighted by molar-refractivity contribution is 0.543. The van der Waals surface area contributed by atoms with Gasteiger partial charge in [-0.25, -0.2) is 12.8 Å². The van der Waals surface area contributed by atoms with E-state index >= 15 is 0 Å². The molecule has 3 nitrogen and oxygen atoms in total. The highest BCUT2D eigenvalue weighted by molar-refractivity contribution is 9.10. The molecule has 0 fully saturated rings. The van der Waals surface area contributed by atoms with Gasteiger partial charge in [0.25, 0.3) is 0 Å². The summed E-state index contributed by atoms with van der Waals surface area (Å²) in [6, 6.07) is 4.33. The Morgan fingerprint density at radius 1 is 1.41 bits per heavy atom. The zero-order chi connectivity index (χ0) is 13.3. The Labute approximate surface area is 109 Å². The topological polar surface area (TPSA) is 60.2 Å². The Bertz CT molecular complexity index is 509. The number of benzene rings is 1. The van der Waals surface area contributed by atoms with Crippen LogP contribution < -0.4 is 5.73 Å². The first-order valence-corrected chi connectivity index (χ1v) is 7.64. The second-order valence-corrected chi connectivity index (χ2v) is 7.59. The van der Waals surface area contributed by atoms with Crippen LogP contribution in [0.25, 0.3) is 0 Å². The SMILES string of the molecule is CC(C)(N)CS(=O)(=O)Cc1cccc(F)c1Br. The normalized spacial score (nSPS) is 12.8. The summed E-state index contributed by atoms with van der Waals surface area (Å²) < 4.78 is 37.1. The molecule has 1 aromatic carbocycles. The monoisotopic (exact) mass is 323 g/mol. The van der Waals surface area contributed by atoms with Crippen LogP contribution in [-0.4, -0.2) is 19.7 Å². The first-order chi connectivity index (χ1) is 7.61. The number of hydrogen-bond donors (Lipinski definition) is 1. The summed E-state index contributed by atoms with van der Waals surface area (Å²) in [6.07, 6.45) is 0. The maximum absolute atomic E-state index is 13.2. The second kappa shape index (κ2) is 5.04. The summed E-state index contributed by atoms with van der Waals surface area (Å²) in [5.41, 5.74) is 5.30. The van der Waals surface area contributed by atoms with Crippen molar-refractivity contribution in [2.24, 2.45) is 5.73 Å². The minimum Gasteiger partial charge on any atom is -0.325 e. The van der Waals surface area contributed by atoms with Crippen molar-refractivity contribution in [1.29, 1.82) is 0 Å². The molecule has 0 aromatic heterocycles. The molecule has 1 rings (SSSR count). The van der Waals surface area contributed by atoms with E-state index in [0.29, 0.717) is 5.56 Å². The molecular formula is C11H15BrFNO2S. The molecule has 0 saturated carbocycles. The number of rotatable bonds is 4. The molecule has 0 spiro atoms. The van der Waals surface area contributed by atoms with Gasteiger partial charge in [0.2, 0.25) is 0 Å². The van der Waals surface area contributed by atoms with Crippen molar-refractivity contribution in [3.8, 4) is 0 Å². The van der Waals surface area contributed by atoms with Gasteiger partial charge in [-0.05, 0) is 41.4 Å². The quantitative estimate of drug-likeness (QED) is 0.924. The van der Waals surface area contributed by atoms with Gasteiger partial charge < -0.3 is 5.73 Å². The number of halogens is 2. The van der Waals surface area contributed by atoms with Gasteiger partial charge in [0, 0.05) is 5.54 Å². The fraction of sp³-hybridized carbons (Fsp3) is 0.455. The van der Waals surface area contributed by atoms with Crippen LogP contribution in [0.3, 0.4) is 0 Å².